The summed E-state index contributed by atoms with van der Waals surface area (Å²) in [6.45, 7) is 7.11. The zero-order chi connectivity index (χ0) is 20.2. The molecule has 0 fully saturated rings. The Balaban J connectivity index is 1.39. The second-order valence-corrected chi connectivity index (χ2v) is 7.41. The molecule has 0 spiro atoms. The Morgan fingerprint density at radius 3 is 2.86 bits per heavy atom. The van der Waals surface area contributed by atoms with E-state index in [1.807, 2.05) is 18.2 Å². The van der Waals surface area contributed by atoms with E-state index in [1.54, 1.807) is 6.20 Å². The maximum atomic E-state index is 13.4. The predicted octanol–water partition coefficient (Wildman–Crippen LogP) is 5.40. The van der Waals surface area contributed by atoms with Crippen LogP contribution in [0.2, 0.25) is 0 Å². The number of benzene rings is 2. The van der Waals surface area contributed by atoms with Crippen LogP contribution in [0.3, 0.4) is 0 Å². The van der Waals surface area contributed by atoms with Crippen LogP contribution in [0.15, 0.2) is 73.7 Å². The number of halogens is 1. The van der Waals surface area contributed by atoms with Gasteiger partial charge < -0.3 is 10.3 Å². The highest BCUT2D eigenvalue weighted by Gasteiger charge is 2.06. The van der Waals surface area contributed by atoms with E-state index in [-0.39, 0.29) is 5.82 Å². The molecule has 0 saturated heterocycles. The summed E-state index contributed by atoms with van der Waals surface area (Å²) in [6, 6.07) is 16.2. The monoisotopic (exact) mass is 385 g/mol. The molecule has 2 aromatic carbocycles. The van der Waals surface area contributed by atoms with E-state index < -0.39 is 0 Å². The van der Waals surface area contributed by atoms with Gasteiger partial charge in [0.15, 0.2) is 0 Å². The molecular formula is C25H24FN3. The standard InChI is InChI=1S/C25H24FN3/c1-17-6-7-25-24(10-17)22(15-29-25)8-9-28-18(2)21-5-3-4-19(12-21)11-20-13-23(26)16-27-14-20/h3-7,10,12-16,28-29H,2,8-9,11H2,1H3. The van der Waals surface area contributed by atoms with Gasteiger partial charge in [0, 0.05) is 35.5 Å². The van der Waals surface area contributed by atoms with Gasteiger partial charge in [0.25, 0.3) is 0 Å². The Bertz CT molecular complexity index is 1160. The van der Waals surface area contributed by atoms with Crippen molar-refractivity contribution in [3.05, 3.63) is 107 Å². The van der Waals surface area contributed by atoms with Gasteiger partial charge in [-0.25, -0.2) is 4.39 Å². The van der Waals surface area contributed by atoms with Crippen molar-refractivity contribution in [2.45, 2.75) is 19.8 Å². The molecule has 0 bridgehead atoms. The van der Waals surface area contributed by atoms with Crippen LogP contribution < -0.4 is 5.32 Å². The molecule has 0 saturated carbocycles. The second kappa shape index (κ2) is 8.31. The number of H-pyrrole nitrogens is 1. The van der Waals surface area contributed by atoms with Gasteiger partial charge in [-0.05, 0) is 66.3 Å². The molecule has 146 valence electrons. The fourth-order valence-electron chi connectivity index (χ4n) is 3.61. The molecule has 4 rings (SSSR count). The molecule has 4 aromatic rings. The Kier molecular flexibility index (Phi) is 5.43. The smallest absolute Gasteiger partial charge is 0.141 e. The lowest BCUT2D eigenvalue weighted by molar-refractivity contribution is 0.619. The van der Waals surface area contributed by atoms with Crippen molar-refractivity contribution in [2.24, 2.45) is 0 Å². The molecule has 3 nitrogen and oxygen atoms in total. The van der Waals surface area contributed by atoms with Crippen molar-refractivity contribution in [3.8, 4) is 0 Å². The number of fused-ring (bicyclic) bond motifs is 1. The Morgan fingerprint density at radius 1 is 1.10 bits per heavy atom. The van der Waals surface area contributed by atoms with Crippen LogP contribution >= 0.6 is 0 Å². The Morgan fingerprint density at radius 2 is 2.00 bits per heavy atom. The van der Waals surface area contributed by atoms with Crippen LogP contribution in [0.25, 0.3) is 16.6 Å². The third-order valence-corrected chi connectivity index (χ3v) is 5.10. The SMILES string of the molecule is C=C(NCCc1c[nH]c2ccc(C)cc12)c1cccc(Cc2cncc(F)c2)c1. The molecule has 0 aliphatic heterocycles. The van der Waals surface area contributed by atoms with E-state index in [9.17, 15) is 4.39 Å². The third kappa shape index (κ3) is 4.54. The summed E-state index contributed by atoms with van der Waals surface area (Å²) in [5, 5.41) is 4.72. The van der Waals surface area contributed by atoms with Crippen LogP contribution in [0.1, 0.15) is 27.8 Å². The van der Waals surface area contributed by atoms with Gasteiger partial charge in [-0.3, -0.25) is 4.98 Å². The first-order valence-electron chi connectivity index (χ1n) is 9.76. The molecule has 0 amide bonds. The molecule has 2 heterocycles. The molecule has 29 heavy (non-hydrogen) atoms. The number of pyridine rings is 1. The van der Waals surface area contributed by atoms with Gasteiger partial charge >= 0.3 is 0 Å². The van der Waals surface area contributed by atoms with E-state index in [4.69, 9.17) is 0 Å². The fraction of sp³-hybridized carbons (Fsp3) is 0.160. The van der Waals surface area contributed by atoms with Crippen molar-refractivity contribution in [1.82, 2.24) is 15.3 Å². The van der Waals surface area contributed by atoms with Crippen molar-refractivity contribution in [1.29, 1.82) is 0 Å². The average molecular weight is 385 g/mol. The van der Waals surface area contributed by atoms with Crippen LogP contribution in [-0.4, -0.2) is 16.5 Å². The van der Waals surface area contributed by atoms with Crippen LogP contribution in [-0.2, 0) is 12.8 Å². The van der Waals surface area contributed by atoms with Gasteiger partial charge in [-0.1, -0.05) is 36.4 Å². The molecule has 4 heteroatoms. The van der Waals surface area contributed by atoms with Crippen molar-refractivity contribution < 1.29 is 4.39 Å². The maximum absolute atomic E-state index is 13.4. The number of aromatic nitrogens is 2. The highest BCUT2D eigenvalue weighted by Crippen LogP contribution is 2.20. The fourth-order valence-corrected chi connectivity index (χ4v) is 3.61. The molecule has 0 unspecified atom stereocenters. The molecule has 2 aromatic heterocycles. The summed E-state index contributed by atoms with van der Waals surface area (Å²) in [6.07, 6.45) is 6.56. The van der Waals surface area contributed by atoms with E-state index in [0.717, 1.165) is 35.4 Å². The van der Waals surface area contributed by atoms with Crippen molar-refractivity contribution in [3.63, 3.8) is 0 Å². The van der Waals surface area contributed by atoms with Crippen molar-refractivity contribution >= 4 is 16.6 Å². The number of rotatable bonds is 7. The van der Waals surface area contributed by atoms with Gasteiger partial charge in [0.2, 0.25) is 0 Å². The Hall–Kier alpha value is -3.40. The third-order valence-electron chi connectivity index (χ3n) is 5.10. The van der Waals surface area contributed by atoms with Crippen LogP contribution in [0.4, 0.5) is 4.39 Å². The summed E-state index contributed by atoms with van der Waals surface area (Å²) < 4.78 is 13.4. The first kappa shape index (κ1) is 18.9. The van der Waals surface area contributed by atoms with Gasteiger partial charge in [-0.2, -0.15) is 0 Å². The minimum absolute atomic E-state index is 0.308. The number of aryl methyl sites for hydroxylation is 1. The average Bonchev–Trinajstić information content (AvgIpc) is 3.10. The normalized spacial score (nSPS) is 11.0. The van der Waals surface area contributed by atoms with E-state index >= 15 is 0 Å². The predicted molar refractivity (Wildman–Crippen MR) is 117 cm³/mol. The van der Waals surface area contributed by atoms with E-state index in [1.165, 1.54) is 34.3 Å². The summed E-state index contributed by atoms with van der Waals surface area (Å²) in [5.74, 6) is -0.308. The lowest BCUT2D eigenvalue weighted by atomic mass is 10.0. The van der Waals surface area contributed by atoms with Crippen LogP contribution in [0, 0.1) is 12.7 Å². The van der Waals surface area contributed by atoms with Gasteiger partial charge in [0.05, 0.1) is 6.20 Å². The summed E-state index contributed by atoms with van der Waals surface area (Å²) >= 11 is 0. The van der Waals surface area contributed by atoms with Gasteiger partial charge in [0.1, 0.15) is 5.82 Å². The molecule has 0 aliphatic carbocycles. The quantitative estimate of drug-likeness (QED) is 0.447. The minimum Gasteiger partial charge on any atom is -0.385 e. The Labute approximate surface area is 170 Å². The first-order chi connectivity index (χ1) is 14.1. The number of hydrogen-bond donors (Lipinski definition) is 2. The lowest BCUT2D eigenvalue weighted by Crippen LogP contribution is -2.15. The lowest BCUT2D eigenvalue weighted by Gasteiger charge is -2.11. The highest BCUT2D eigenvalue weighted by molar-refractivity contribution is 5.83. The topological polar surface area (TPSA) is 40.7 Å². The second-order valence-electron chi connectivity index (χ2n) is 7.41. The first-order valence-corrected chi connectivity index (χ1v) is 9.76. The maximum Gasteiger partial charge on any atom is 0.141 e. The van der Waals surface area contributed by atoms with Crippen LogP contribution in [0.5, 0.6) is 0 Å². The largest absolute Gasteiger partial charge is 0.385 e. The van der Waals surface area contributed by atoms with Gasteiger partial charge in [-0.15, -0.1) is 0 Å². The number of nitrogens with zero attached hydrogens (tertiary/aromatic N) is 1. The summed E-state index contributed by atoms with van der Waals surface area (Å²) in [5.41, 5.74) is 7.63. The zero-order valence-electron chi connectivity index (χ0n) is 16.5. The highest BCUT2D eigenvalue weighted by atomic mass is 19.1. The molecule has 0 radical (unpaired) electrons. The number of aromatic amines is 1. The summed E-state index contributed by atoms with van der Waals surface area (Å²) in [4.78, 5) is 7.26. The number of nitrogens with one attached hydrogen (secondary N) is 2. The zero-order valence-corrected chi connectivity index (χ0v) is 16.5. The van der Waals surface area contributed by atoms with E-state index in [2.05, 4.69) is 59.2 Å². The molecule has 0 atom stereocenters. The molecule has 2 N–H and O–H groups in total. The van der Waals surface area contributed by atoms with Crippen molar-refractivity contribution in [2.75, 3.05) is 6.54 Å². The molecule has 0 aliphatic rings. The minimum atomic E-state index is -0.308. The number of hydrogen-bond acceptors (Lipinski definition) is 2. The van der Waals surface area contributed by atoms with E-state index in [0.29, 0.717) is 6.42 Å². The summed E-state index contributed by atoms with van der Waals surface area (Å²) in [7, 11) is 0. The molecular weight excluding hydrogens is 361 g/mol.